The van der Waals surface area contributed by atoms with Gasteiger partial charge in [-0.15, -0.1) is 0 Å². The fraction of sp³-hybridized carbons (Fsp3) is 0.938. The molecule has 2 heterocycles. The van der Waals surface area contributed by atoms with Crippen LogP contribution in [-0.4, -0.2) is 73.7 Å². The van der Waals surface area contributed by atoms with Gasteiger partial charge in [0.2, 0.25) is 5.91 Å². The number of ether oxygens (including phenoxy) is 1. The summed E-state index contributed by atoms with van der Waals surface area (Å²) >= 11 is 0. The Morgan fingerprint density at radius 2 is 1.95 bits per heavy atom. The standard InChI is InChI=1S/C16H29N3O2/c20-16(12-14-13-21-11-6-17-14)19-8-3-7-18(9-10-19)15-4-1-2-5-15/h14-15,17H,1-13H2. The average molecular weight is 295 g/mol. The molecule has 2 aliphatic heterocycles. The molecule has 0 bridgehead atoms. The van der Waals surface area contributed by atoms with Crippen molar-refractivity contribution in [1.29, 1.82) is 0 Å². The van der Waals surface area contributed by atoms with E-state index in [-0.39, 0.29) is 6.04 Å². The second-order valence-corrected chi connectivity index (χ2v) is 6.64. The van der Waals surface area contributed by atoms with Gasteiger partial charge in [0.25, 0.3) is 0 Å². The number of morpholine rings is 1. The normalized spacial score (nSPS) is 29.5. The molecule has 0 radical (unpaired) electrons. The van der Waals surface area contributed by atoms with E-state index in [1.54, 1.807) is 0 Å². The van der Waals surface area contributed by atoms with Crippen molar-refractivity contribution >= 4 is 5.91 Å². The Kier molecular flexibility index (Phi) is 5.49. The number of rotatable bonds is 3. The van der Waals surface area contributed by atoms with Crippen LogP contribution in [0.25, 0.3) is 0 Å². The molecule has 3 aliphatic rings. The lowest BCUT2D eigenvalue weighted by Gasteiger charge is -2.28. The fourth-order valence-corrected chi connectivity index (χ4v) is 3.91. The van der Waals surface area contributed by atoms with Crippen molar-refractivity contribution in [3.63, 3.8) is 0 Å². The van der Waals surface area contributed by atoms with Gasteiger partial charge in [-0.25, -0.2) is 0 Å². The summed E-state index contributed by atoms with van der Waals surface area (Å²) in [5.74, 6) is 0.297. The van der Waals surface area contributed by atoms with Gasteiger partial charge in [-0.05, 0) is 19.3 Å². The SMILES string of the molecule is O=C(CC1COCCN1)N1CCCN(C2CCCC2)CC1. The Hall–Kier alpha value is -0.650. The van der Waals surface area contributed by atoms with E-state index >= 15 is 0 Å². The summed E-state index contributed by atoms with van der Waals surface area (Å²) in [4.78, 5) is 17.2. The minimum Gasteiger partial charge on any atom is -0.378 e. The lowest BCUT2D eigenvalue weighted by atomic mass is 10.1. The fourth-order valence-electron chi connectivity index (χ4n) is 3.91. The first-order valence-electron chi connectivity index (χ1n) is 8.66. The van der Waals surface area contributed by atoms with Crippen LogP contribution in [0.4, 0.5) is 0 Å². The molecule has 21 heavy (non-hydrogen) atoms. The molecule has 5 nitrogen and oxygen atoms in total. The zero-order chi connectivity index (χ0) is 14.5. The largest absolute Gasteiger partial charge is 0.378 e. The average Bonchev–Trinajstić information content (AvgIpc) is 2.93. The number of carbonyl (C=O) groups is 1. The van der Waals surface area contributed by atoms with Crippen molar-refractivity contribution in [3.8, 4) is 0 Å². The third-order valence-electron chi connectivity index (χ3n) is 5.14. The van der Waals surface area contributed by atoms with E-state index in [9.17, 15) is 4.79 Å². The third kappa shape index (κ3) is 4.18. The molecule has 3 fully saturated rings. The number of hydrogen-bond acceptors (Lipinski definition) is 4. The number of hydrogen-bond donors (Lipinski definition) is 1. The van der Waals surface area contributed by atoms with Crippen molar-refractivity contribution in [1.82, 2.24) is 15.1 Å². The van der Waals surface area contributed by atoms with Gasteiger partial charge in [-0.2, -0.15) is 0 Å². The first-order valence-corrected chi connectivity index (χ1v) is 8.66. The van der Waals surface area contributed by atoms with Crippen LogP contribution in [0, 0.1) is 0 Å². The molecule has 0 spiro atoms. The molecule has 2 saturated heterocycles. The molecule has 0 aromatic rings. The third-order valence-corrected chi connectivity index (χ3v) is 5.14. The lowest BCUT2D eigenvalue weighted by Crippen LogP contribution is -2.46. The smallest absolute Gasteiger partial charge is 0.224 e. The maximum Gasteiger partial charge on any atom is 0.224 e. The summed E-state index contributed by atoms with van der Waals surface area (Å²) in [6.45, 7) is 6.37. The van der Waals surface area contributed by atoms with Gasteiger partial charge in [0.05, 0.1) is 13.2 Å². The van der Waals surface area contributed by atoms with E-state index in [4.69, 9.17) is 4.74 Å². The Labute approximate surface area is 128 Å². The summed E-state index contributed by atoms with van der Waals surface area (Å²) in [6, 6.07) is 0.994. The predicted octanol–water partition coefficient (Wildman–Crippen LogP) is 0.842. The van der Waals surface area contributed by atoms with Crippen molar-refractivity contribution < 1.29 is 9.53 Å². The number of nitrogens with one attached hydrogen (secondary N) is 1. The Bertz CT molecular complexity index is 338. The van der Waals surface area contributed by atoms with Crippen LogP contribution < -0.4 is 5.32 Å². The Morgan fingerprint density at radius 1 is 1.10 bits per heavy atom. The molecule has 1 atom stereocenters. The molecule has 3 rings (SSSR count). The first kappa shape index (κ1) is 15.3. The Morgan fingerprint density at radius 3 is 2.71 bits per heavy atom. The van der Waals surface area contributed by atoms with E-state index in [1.807, 2.05) is 0 Å². The van der Waals surface area contributed by atoms with Crippen molar-refractivity contribution in [2.75, 3.05) is 45.9 Å². The Balaban J connectivity index is 1.46. The van der Waals surface area contributed by atoms with Crippen LogP contribution in [-0.2, 0) is 9.53 Å². The van der Waals surface area contributed by atoms with Gasteiger partial charge < -0.3 is 15.0 Å². The molecule has 1 saturated carbocycles. The van der Waals surface area contributed by atoms with Crippen LogP contribution in [0.5, 0.6) is 0 Å². The number of carbonyl (C=O) groups excluding carboxylic acids is 1. The van der Waals surface area contributed by atoms with Crippen LogP contribution in [0.1, 0.15) is 38.5 Å². The number of nitrogens with zero attached hydrogens (tertiary/aromatic N) is 2. The highest BCUT2D eigenvalue weighted by molar-refractivity contribution is 5.76. The zero-order valence-electron chi connectivity index (χ0n) is 13.1. The van der Waals surface area contributed by atoms with Crippen LogP contribution in [0.15, 0.2) is 0 Å². The lowest BCUT2D eigenvalue weighted by molar-refractivity contribution is -0.132. The van der Waals surface area contributed by atoms with Crippen molar-refractivity contribution in [2.45, 2.75) is 50.6 Å². The van der Waals surface area contributed by atoms with Crippen LogP contribution >= 0.6 is 0 Å². The minimum absolute atomic E-state index is 0.209. The summed E-state index contributed by atoms with van der Waals surface area (Å²) in [7, 11) is 0. The van der Waals surface area contributed by atoms with Gasteiger partial charge >= 0.3 is 0 Å². The van der Waals surface area contributed by atoms with E-state index in [1.165, 1.54) is 32.2 Å². The van der Waals surface area contributed by atoms with E-state index in [0.717, 1.165) is 45.2 Å². The van der Waals surface area contributed by atoms with Gasteiger partial charge in [-0.3, -0.25) is 9.69 Å². The molecular formula is C16H29N3O2. The molecule has 1 amide bonds. The highest BCUT2D eigenvalue weighted by atomic mass is 16.5. The van der Waals surface area contributed by atoms with Gasteiger partial charge in [0, 0.05) is 51.2 Å². The van der Waals surface area contributed by atoms with Gasteiger partial charge in [0.15, 0.2) is 0 Å². The minimum atomic E-state index is 0.209. The molecule has 1 unspecified atom stereocenters. The van der Waals surface area contributed by atoms with Crippen LogP contribution in [0.3, 0.4) is 0 Å². The van der Waals surface area contributed by atoms with Gasteiger partial charge in [0.1, 0.15) is 0 Å². The molecule has 1 aliphatic carbocycles. The summed E-state index contributed by atoms with van der Waals surface area (Å²) in [6.07, 6.45) is 7.20. The molecule has 5 heteroatoms. The molecule has 0 aromatic carbocycles. The molecule has 0 aromatic heterocycles. The summed E-state index contributed by atoms with van der Waals surface area (Å²) in [5, 5.41) is 3.38. The first-order chi connectivity index (χ1) is 10.3. The highest BCUT2D eigenvalue weighted by Crippen LogP contribution is 2.24. The maximum atomic E-state index is 12.5. The molecule has 1 N–H and O–H groups in total. The number of amides is 1. The van der Waals surface area contributed by atoms with E-state index in [0.29, 0.717) is 18.9 Å². The van der Waals surface area contributed by atoms with E-state index < -0.39 is 0 Å². The maximum absolute atomic E-state index is 12.5. The van der Waals surface area contributed by atoms with Crippen LogP contribution in [0.2, 0.25) is 0 Å². The highest BCUT2D eigenvalue weighted by Gasteiger charge is 2.27. The zero-order valence-corrected chi connectivity index (χ0v) is 13.1. The van der Waals surface area contributed by atoms with E-state index in [2.05, 4.69) is 15.1 Å². The topological polar surface area (TPSA) is 44.8 Å². The summed E-state index contributed by atoms with van der Waals surface area (Å²) < 4.78 is 5.44. The second-order valence-electron chi connectivity index (χ2n) is 6.64. The van der Waals surface area contributed by atoms with Crippen molar-refractivity contribution in [2.24, 2.45) is 0 Å². The van der Waals surface area contributed by atoms with Gasteiger partial charge in [-0.1, -0.05) is 12.8 Å². The second kappa shape index (κ2) is 7.56. The molecular weight excluding hydrogens is 266 g/mol. The quantitative estimate of drug-likeness (QED) is 0.838. The summed E-state index contributed by atoms with van der Waals surface area (Å²) in [5.41, 5.74) is 0. The predicted molar refractivity (Wildman–Crippen MR) is 82.3 cm³/mol. The molecule has 120 valence electrons. The monoisotopic (exact) mass is 295 g/mol. The van der Waals surface area contributed by atoms with Crippen molar-refractivity contribution in [3.05, 3.63) is 0 Å².